The first-order chi connectivity index (χ1) is 7.75. The van der Waals surface area contributed by atoms with Gasteiger partial charge < -0.3 is 5.32 Å². The molecule has 0 atom stereocenters. The van der Waals surface area contributed by atoms with Gasteiger partial charge in [-0.15, -0.1) is 5.10 Å². The molecule has 0 aliphatic heterocycles. The molecule has 82 valence electrons. The highest BCUT2D eigenvalue weighted by Crippen LogP contribution is 2.18. The summed E-state index contributed by atoms with van der Waals surface area (Å²) in [7, 11) is 0. The van der Waals surface area contributed by atoms with E-state index in [2.05, 4.69) is 25.8 Å². The van der Waals surface area contributed by atoms with Crippen LogP contribution in [0.25, 0.3) is 0 Å². The number of hydrogen-bond donors (Lipinski definition) is 1. The SMILES string of the molecule is O=C(Cn1cnnn1)Nc1cnccc1Cl. The van der Waals surface area contributed by atoms with Gasteiger partial charge in [-0.05, 0) is 16.5 Å². The number of nitrogens with one attached hydrogen (secondary N) is 1. The molecule has 2 heterocycles. The van der Waals surface area contributed by atoms with Crippen molar-refractivity contribution in [2.45, 2.75) is 6.54 Å². The van der Waals surface area contributed by atoms with Crippen molar-refractivity contribution in [1.82, 2.24) is 25.2 Å². The van der Waals surface area contributed by atoms with Crippen molar-refractivity contribution >= 4 is 23.2 Å². The number of carbonyl (C=O) groups excluding carboxylic acids is 1. The van der Waals surface area contributed by atoms with E-state index in [0.717, 1.165) is 0 Å². The van der Waals surface area contributed by atoms with E-state index in [1.54, 1.807) is 12.3 Å². The minimum atomic E-state index is -0.276. The average molecular weight is 239 g/mol. The van der Waals surface area contributed by atoms with Crippen molar-refractivity contribution < 1.29 is 4.79 Å². The third-order valence-electron chi connectivity index (χ3n) is 1.74. The Hall–Kier alpha value is -2.02. The lowest BCUT2D eigenvalue weighted by molar-refractivity contribution is -0.116. The Morgan fingerprint density at radius 3 is 3.12 bits per heavy atom. The molecule has 0 aliphatic carbocycles. The quantitative estimate of drug-likeness (QED) is 0.835. The van der Waals surface area contributed by atoms with E-state index in [-0.39, 0.29) is 12.5 Å². The Morgan fingerprint density at radius 1 is 1.56 bits per heavy atom. The van der Waals surface area contributed by atoms with Crippen LogP contribution >= 0.6 is 11.6 Å². The molecule has 0 fully saturated rings. The average Bonchev–Trinajstić information content (AvgIpc) is 2.74. The van der Waals surface area contributed by atoms with Gasteiger partial charge in [0.1, 0.15) is 12.9 Å². The predicted molar refractivity (Wildman–Crippen MR) is 55.7 cm³/mol. The maximum absolute atomic E-state index is 11.5. The van der Waals surface area contributed by atoms with E-state index >= 15 is 0 Å². The van der Waals surface area contributed by atoms with Crippen molar-refractivity contribution in [3.05, 3.63) is 29.8 Å². The van der Waals surface area contributed by atoms with Crippen LogP contribution in [0.3, 0.4) is 0 Å². The zero-order valence-corrected chi connectivity index (χ0v) is 8.79. The second-order valence-electron chi connectivity index (χ2n) is 2.91. The largest absolute Gasteiger partial charge is 0.322 e. The third-order valence-corrected chi connectivity index (χ3v) is 2.07. The van der Waals surface area contributed by atoms with Crippen molar-refractivity contribution in [3.63, 3.8) is 0 Å². The minimum absolute atomic E-state index is 0.0260. The van der Waals surface area contributed by atoms with Crippen molar-refractivity contribution in [2.24, 2.45) is 0 Å². The molecule has 2 rings (SSSR count). The summed E-state index contributed by atoms with van der Waals surface area (Å²) >= 11 is 5.85. The summed E-state index contributed by atoms with van der Waals surface area (Å²) in [4.78, 5) is 15.4. The van der Waals surface area contributed by atoms with Gasteiger partial charge in [-0.1, -0.05) is 11.6 Å². The van der Waals surface area contributed by atoms with E-state index in [4.69, 9.17) is 11.6 Å². The number of pyridine rings is 1. The zero-order chi connectivity index (χ0) is 11.4. The van der Waals surface area contributed by atoms with Crippen LogP contribution in [0.2, 0.25) is 5.02 Å². The lowest BCUT2D eigenvalue weighted by Gasteiger charge is -2.05. The Balaban J connectivity index is 2.00. The summed E-state index contributed by atoms with van der Waals surface area (Å²) in [6.45, 7) is 0.0260. The number of anilines is 1. The maximum Gasteiger partial charge on any atom is 0.246 e. The summed E-state index contributed by atoms with van der Waals surface area (Å²) in [5, 5.41) is 13.4. The first-order valence-electron chi connectivity index (χ1n) is 4.36. The van der Waals surface area contributed by atoms with Crippen LogP contribution in [-0.4, -0.2) is 31.1 Å². The number of nitrogens with zero attached hydrogens (tertiary/aromatic N) is 5. The predicted octanol–water partition coefficient (Wildman–Crippen LogP) is 0.360. The van der Waals surface area contributed by atoms with E-state index in [0.29, 0.717) is 10.7 Å². The lowest BCUT2D eigenvalue weighted by atomic mass is 10.4. The van der Waals surface area contributed by atoms with Crippen LogP contribution < -0.4 is 5.32 Å². The zero-order valence-electron chi connectivity index (χ0n) is 8.04. The fourth-order valence-electron chi connectivity index (χ4n) is 1.06. The van der Waals surface area contributed by atoms with Gasteiger partial charge in [-0.25, -0.2) is 4.68 Å². The molecule has 2 aromatic rings. The summed E-state index contributed by atoms with van der Waals surface area (Å²) in [6, 6.07) is 1.59. The highest BCUT2D eigenvalue weighted by Gasteiger charge is 2.06. The van der Waals surface area contributed by atoms with Crippen LogP contribution in [-0.2, 0) is 11.3 Å². The first-order valence-corrected chi connectivity index (χ1v) is 4.73. The molecule has 0 aliphatic rings. The number of tetrazole rings is 1. The van der Waals surface area contributed by atoms with Crippen LogP contribution in [0.5, 0.6) is 0 Å². The molecule has 16 heavy (non-hydrogen) atoms. The topological polar surface area (TPSA) is 85.6 Å². The number of carbonyl (C=O) groups is 1. The molecule has 1 N–H and O–H groups in total. The molecule has 0 radical (unpaired) electrons. The van der Waals surface area contributed by atoms with Gasteiger partial charge in [0.2, 0.25) is 5.91 Å². The van der Waals surface area contributed by atoms with E-state index < -0.39 is 0 Å². The summed E-state index contributed by atoms with van der Waals surface area (Å²) in [6.07, 6.45) is 4.36. The maximum atomic E-state index is 11.5. The smallest absolute Gasteiger partial charge is 0.246 e. The van der Waals surface area contributed by atoms with Gasteiger partial charge in [0, 0.05) is 6.20 Å². The molecule has 0 unspecified atom stereocenters. The number of rotatable bonds is 3. The highest BCUT2D eigenvalue weighted by molar-refractivity contribution is 6.33. The van der Waals surface area contributed by atoms with Gasteiger partial charge >= 0.3 is 0 Å². The molecule has 0 saturated carbocycles. The van der Waals surface area contributed by atoms with Gasteiger partial charge in [0.25, 0.3) is 0 Å². The molecule has 7 nitrogen and oxygen atoms in total. The summed E-state index contributed by atoms with van der Waals surface area (Å²) < 4.78 is 1.31. The lowest BCUT2D eigenvalue weighted by Crippen LogP contribution is -2.19. The molecular formula is C8H7ClN6O. The Bertz CT molecular complexity index is 485. The number of halogens is 1. The van der Waals surface area contributed by atoms with E-state index in [1.807, 2.05) is 0 Å². The van der Waals surface area contributed by atoms with Gasteiger partial charge in [0.15, 0.2) is 0 Å². The molecule has 0 aromatic carbocycles. The Morgan fingerprint density at radius 2 is 2.44 bits per heavy atom. The van der Waals surface area contributed by atoms with Crippen LogP contribution in [0, 0.1) is 0 Å². The Kier molecular flexibility index (Phi) is 3.06. The van der Waals surface area contributed by atoms with Crippen molar-refractivity contribution in [1.29, 1.82) is 0 Å². The molecular weight excluding hydrogens is 232 g/mol. The van der Waals surface area contributed by atoms with Gasteiger partial charge in [0.05, 0.1) is 16.9 Å². The van der Waals surface area contributed by atoms with Crippen LogP contribution in [0.4, 0.5) is 5.69 Å². The normalized spacial score (nSPS) is 10.1. The highest BCUT2D eigenvalue weighted by atomic mass is 35.5. The van der Waals surface area contributed by atoms with Crippen molar-refractivity contribution in [3.8, 4) is 0 Å². The van der Waals surface area contributed by atoms with Gasteiger partial charge in [-0.3, -0.25) is 9.78 Å². The molecule has 0 saturated heterocycles. The second kappa shape index (κ2) is 4.67. The third kappa shape index (κ3) is 2.51. The van der Waals surface area contributed by atoms with Crippen molar-refractivity contribution in [2.75, 3.05) is 5.32 Å². The van der Waals surface area contributed by atoms with E-state index in [9.17, 15) is 4.79 Å². The summed E-state index contributed by atoms with van der Waals surface area (Å²) in [5.74, 6) is -0.276. The number of amides is 1. The molecule has 0 bridgehead atoms. The molecule has 2 aromatic heterocycles. The number of hydrogen-bond acceptors (Lipinski definition) is 5. The molecule has 8 heteroatoms. The van der Waals surface area contributed by atoms with Gasteiger partial charge in [-0.2, -0.15) is 0 Å². The second-order valence-corrected chi connectivity index (χ2v) is 3.32. The molecule has 1 amide bonds. The Labute approximate surface area is 95.4 Å². The summed E-state index contributed by atoms with van der Waals surface area (Å²) in [5.41, 5.74) is 0.460. The fourth-order valence-corrected chi connectivity index (χ4v) is 1.21. The monoisotopic (exact) mass is 238 g/mol. The first kappa shape index (κ1) is 10.5. The van der Waals surface area contributed by atoms with E-state index in [1.165, 1.54) is 17.2 Å². The van der Waals surface area contributed by atoms with Crippen LogP contribution in [0.1, 0.15) is 0 Å². The van der Waals surface area contributed by atoms with Crippen LogP contribution in [0.15, 0.2) is 24.8 Å². The standard InChI is InChI=1S/C8H7ClN6O/c9-6-1-2-10-3-7(6)12-8(16)4-15-5-11-13-14-15/h1-3,5H,4H2,(H,12,16). The number of aromatic nitrogens is 5. The minimum Gasteiger partial charge on any atom is -0.322 e. The fraction of sp³-hybridized carbons (Fsp3) is 0.125. The molecule has 0 spiro atoms.